The third-order valence-electron chi connectivity index (χ3n) is 3.66. The number of hydrogen-bond donors (Lipinski definition) is 3. The van der Waals surface area contributed by atoms with E-state index in [0.717, 1.165) is 6.54 Å². The first-order valence-corrected chi connectivity index (χ1v) is 7.00. The topological polar surface area (TPSA) is 93.4 Å². The van der Waals surface area contributed by atoms with Crippen molar-refractivity contribution in [3.8, 4) is 0 Å². The number of nitrogens with two attached hydrogens (primary N) is 1. The van der Waals surface area contributed by atoms with Crippen molar-refractivity contribution in [2.24, 2.45) is 5.73 Å². The Balaban J connectivity index is 2.05. The molecule has 114 valence electrons. The first-order chi connectivity index (χ1) is 10.0. The SMILES string of the molecule is CC(NC(=O)CC1COCCN1)(C(N)=O)c1ccccc1. The van der Waals surface area contributed by atoms with Crippen LogP contribution < -0.4 is 16.4 Å². The van der Waals surface area contributed by atoms with Gasteiger partial charge in [0.2, 0.25) is 11.8 Å². The van der Waals surface area contributed by atoms with Crippen LogP contribution in [-0.2, 0) is 19.9 Å². The Morgan fingerprint density at radius 1 is 1.43 bits per heavy atom. The van der Waals surface area contributed by atoms with Gasteiger partial charge in [0.25, 0.3) is 0 Å². The van der Waals surface area contributed by atoms with Gasteiger partial charge in [-0.1, -0.05) is 30.3 Å². The van der Waals surface area contributed by atoms with Crippen LogP contribution in [0.4, 0.5) is 0 Å². The maximum absolute atomic E-state index is 12.2. The number of benzene rings is 1. The molecule has 1 saturated heterocycles. The summed E-state index contributed by atoms with van der Waals surface area (Å²) in [6, 6.07) is 8.96. The maximum Gasteiger partial charge on any atom is 0.247 e. The van der Waals surface area contributed by atoms with Gasteiger partial charge in [-0.15, -0.1) is 0 Å². The van der Waals surface area contributed by atoms with E-state index in [1.54, 1.807) is 31.2 Å². The Morgan fingerprint density at radius 3 is 2.71 bits per heavy atom. The molecule has 0 radical (unpaired) electrons. The molecule has 1 aliphatic heterocycles. The van der Waals surface area contributed by atoms with Crippen molar-refractivity contribution in [2.75, 3.05) is 19.8 Å². The number of carbonyl (C=O) groups is 2. The average molecular weight is 291 g/mol. The molecule has 0 aromatic heterocycles. The molecule has 2 amide bonds. The van der Waals surface area contributed by atoms with E-state index < -0.39 is 11.4 Å². The Labute approximate surface area is 124 Å². The Morgan fingerprint density at radius 2 is 2.14 bits per heavy atom. The van der Waals surface area contributed by atoms with Crippen LogP contribution in [0.5, 0.6) is 0 Å². The zero-order valence-corrected chi connectivity index (χ0v) is 12.1. The van der Waals surface area contributed by atoms with E-state index in [9.17, 15) is 9.59 Å². The second kappa shape index (κ2) is 6.69. The van der Waals surface area contributed by atoms with Gasteiger partial charge in [0.15, 0.2) is 0 Å². The third kappa shape index (κ3) is 3.80. The van der Waals surface area contributed by atoms with Gasteiger partial charge in [-0.05, 0) is 12.5 Å². The van der Waals surface area contributed by atoms with Gasteiger partial charge in [0, 0.05) is 19.0 Å². The van der Waals surface area contributed by atoms with Gasteiger partial charge in [-0.2, -0.15) is 0 Å². The Kier molecular flexibility index (Phi) is 4.93. The van der Waals surface area contributed by atoms with E-state index in [1.807, 2.05) is 6.07 Å². The lowest BCUT2D eigenvalue weighted by Crippen LogP contribution is -2.54. The summed E-state index contributed by atoms with van der Waals surface area (Å²) in [6.07, 6.45) is 0.246. The van der Waals surface area contributed by atoms with E-state index in [0.29, 0.717) is 18.8 Å². The fourth-order valence-electron chi connectivity index (χ4n) is 2.35. The molecule has 1 fully saturated rings. The highest BCUT2D eigenvalue weighted by Gasteiger charge is 2.35. The van der Waals surface area contributed by atoms with E-state index in [-0.39, 0.29) is 18.4 Å². The van der Waals surface area contributed by atoms with E-state index in [1.165, 1.54) is 0 Å². The van der Waals surface area contributed by atoms with Crippen LogP contribution in [0.25, 0.3) is 0 Å². The number of primary amides is 1. The lowest BCUT2D eigenvalue weighted by Gasteiger charge is -2.30. The monoisotopic (exact) mass is 291 g/mol. The normalized spacial score (nSPS) is 21.3. The van der Waals surface area contributed by atoms with Crippen molar-refractivity contribution in [3.63, 3.8) is 0 Å². The number of carbonyl (C=O) groups excluding carboxylic acids is 2. The van der Waals surface area contributed by atoms with Crippen molar-refractivity contribution in [1.29, 1.82) is 0 Å². The molecule has 1 aromatic rings. The van der Waals surface area contributed by atoms with Gasteiger partial charge in [-0.3, -0.25) is 9.59 Å². The summed E-state index contributed by atoms with van der Waals surface area (Å²) in [6.45, 7) is 3.49. The quantitative estimate of drug-likeness (QED) is 0.705. The van der Waals surface area contributed by atoms with Crippen LogP contribution in [0, 0.1) is 0 Å². The summed E-state index contributed by atoms with van der Waals surface area (Å²) < 4.78 is 5.31. The minimum absolute atomic E-state index is 0.0355. The summed E-state index contributed by atoms with van der Waals surface area (Å²) >= 11 is 0. The summed E-state index contributed by atoms with van der Waals surface area (Å²) in [5.74, 6) is -0.821. The van der Waals surface area contributed by atoms with Crippen molar-refractivity contribution in [3.05, 3.63) is 35.9 Å². The van der Waals surface area contributed by atoms with Crippen molar-refractivity contribution in [2.45, 2.75) is 24.9 Å². The summed E-state index contributed by atoms with van der Waals surface area (Å²) in [7, 11) is 0. The van der Waals surface area contributed by atoms with Gasteiger partial charge < -0.3 is 21.1 Å². The maximum atomic E-state index is 12.2. The molecule has 0 aliphatic carbocycles. The van der Waals surface area contributed by atoms with Crippen LogP contribution in [0.3, 0.4) is 0 Å². The highest BCUT2D eigenvalue weighted by Crippen LogP contribution is 2.20. The van der Waals surface area contributed by atoms with E-state index in [2.05, 4.69) is 10.6 Å². The molecule has 2 atom stereocenters. The summed E-state index contributed by atoms with van der Waals surface area (Å²) in [5, 5.41) is 5.95. The molecule has 1 aliphatic rings. The first-order valence-electron chi connectivity index (χ1n) is 7.00. The minimum atomic E-state index is -1.21. The molecular formula is C15H21N3O3. The minimum Gasteiger partial charge on any atom is -0.378 e. The largest absolute Gasteiger partial charge is 0.378 e. The molecule has 4 N–H and O–H groups in total. The number of rotatable bonds is 5. The van der Waals surface area contributed by atoms with Crippen molar-refractivity contribution < 1.29 is 14.3 Å². The summed E-state index contributed by atoms with van der Waals surface area (Å²) in [5.41, 5.74) is 4.94. The van der Waals surface area contributed by atoms with Gasteiger partial charge in [-0.25, -0.2) is 0 Å². The predicted molar refractivity (Wildman–Crippen MR) is 78.4 cm³/mol. The number of ether oxygens (including phenoxy) is 1. The highest BCUT2D eigenvalue weighted by atomic mass is 16.5. The predicted octanol–water partition coefficient (Wildman–Crippen LogP) is -0.118. The van der Waals surface area contributed by atoms with Crippen molar-refractivity contribution >= 4 is 11.8 Å². The van der Waals surface area contributed by atoms with E-state index >= 15 is 0 Å². The van der Waals surface area contributed by atoms with Crippen LogP contribution in [-0.4, -0.2) is 37.6 Å². The Bertz CT molecular complexity index is 500. The van der Waals surface area contributed by atoms with Crippen LogP contribution >= 0.6 is 0 Å². The second-order valence-electron chi connectivity index (χ2n) is 5.33. The zero-order valence-electron chi connectivity index (χ0n) is 12.1. The third-order valence-corrected chi connectivity index (χ3v) is 3.66. The molecule has 0 bridgehead atoms. The average Bonchev–Trinajstić information content (AvgIpc) is 2.48. The lowest BCUT2D eigenvalue weighted by atomic mass is 9.91. The first kappa shape index (κ1) is 15.5. The van der Waals surface area contributed by atoms with E-state index in [4.69, 9.17) is 10.5 Å². The molecule has 6 nitrogen and oxygen atoms in total. The molecule has 2 unspecified atom stereocenters. The molecule has 0 spiro atoms. The second-order valence-corrected chi connectivity index (χ2v) is 5.33. The smallest absolute Gasteiger partial charge is 0.247 e. The Hall–Kier alpha value is -1.92. The molecule has 2 rings (SSSR count). The lowest BCUT2D eigenvalue weighted by molar-refractivity contribution is -0.132. The highest BCUT2D eigenvalue weighted by molar-refractivity contribution is 5.91. The molecule has 1 aromatic carbocycles. The number of amides is 2. The number of morpholine rings is 1. The zero-order chi connectivity index (χ0) is 15.3. The van der Waals surface area contributed by atoms with Gasteiger partial charge >= 0.3 is 0 Å². The van der Waals surface area contributed by atoms with Gasteiger partial charge in [0.05, 0.1) is 13.2 Å². The molecular weight excluding hydrogens is 270 g/mol. The molecule has 0 saturated carbocycles. The number of hydrogen-bond acceptors (Lipinski definition) is 4. The molecule has 21 heavy (non-hydrogen) atoms. The molecule has 1 heterocycles. The molecule has 6 heteroatoms. The fourth-order valence-corrected chi connectivity index (χ4v) is 2.35. The van der Waals surface area contributed by atoms with Crippen LogP contribution in [0.1, 0.15) is 18.9 Å². The van der Waals surface area contributed by atoms with Crippen LogP contribution in [0.15, 0.2) is 30.3 Å². The van der Waals surface area contributed by atoms with Crippen LogP contribution in [0.2, 0.25) is 0 Å². The van der Waals surface area contributed by atoms with Gasteiger partial charge in [0.1, 0.15) is 5.54 Å². The standard InChI is InChI=1S/C15H21N3O3/c1-15(14(16)20,11-5-3-2-4-6-11)18-13(19)9-12-10-21-8-7-17-12/h2-6,12,17H,7-10H2,1H3,(H2,16,20)(H,18,19). The number of nitrogens with one attached hydrogen (secondary N) is 2. The van der Waals surface area contributed by atoms with Crippen molar-refractivity contribution in [1.82, 2.24) is 10.6 Å². The summed E-state index contributed by atoms with van der Waals surface area (Å²) in [4.78, 5) is 24.0. The fraction of sp³-hybridized carbons (Fsp3) is 0.467.